The van der Waals surface area contributed by atoms with Gasteiger partial charge in [0, 0.05) is 26.2 Å². The zero-order valence-electron chi connectivity index (χ0n) is 12.1. The molecule has 0 amide bonds. The second kappa shape index (κ2) is 5.76. The Balaban J connectivity index is 1.76. The van der Waals surface area contributed by atoms with Crippen LogP contribution in [0.1, 0.15) is 5.82 Å². The SMILES string of the molecule is FC(F)(F)CN1CCN(c2ccc3nnc(C(F)(F)F)n3n2)CC1. The lowest BCUT2D eigenvalue weighted by atomic mass is 10.3. The van der Waals surface area contributed by atoms with Gasteiger partial charge in [0.05, 0.1) is 6.54 Å². The number of aromatic nitrogens is 4. The number of piperazine rings is 1. The molecule has 1 fully saturated rings. The third kappa shape index (κ3) is 3.52. The molecule has 3 rings (SSSR count). The van der Waals surface area contributed by atoms with Gasteiger partial charge in [0.1, 0.15) is 5.82 Å². The summed E-state index contributed by atoms with van der Waals surface area (Å²) < 4.78 is 76.2. The summed E-state index contributed by atoms with van der Waals surface area (Å²) in [6.45, 7) is -0.242. The van der Waals surface area contributed by atoms with Crippen LogP contribution in [-0.4, -0.2) is 63.6 Å². The highest BCUT2D eigenvalue weighted by Gasteiger charge is 2.38. The Labute approximate surface area is 131 Å². The molecule has 132 valence electrons. The van der Waals surface area contributed by atoms with E-state index in [1.807, 2.05) is 0 Å². The molecular weight excluding hydrogens is 342 g/mol. The quantitative estimate of drug-likeness (QED) is 0.771. The minimum absolute atomic E-state index is 0.0539. The molecule has 0 aromatic carbocycles. The molecule has 0 aliphatic carbocycles. The maximum atomic E-state index is 12.8. The minimum atomic E-state index is -4.70. The molecule has 24 heavy (non-hydrogen) atoms. The fourth-order valence-electron chi connectivity index (χ4n) is 2.51. The third-order valence-electron chi connectivity index (χ3n) is 3.60. The molecule has 0 unspecified atom stereocenters. The van der Waals surface area contributed by atoms with E-state index >= 15 is 0 Å². The number of hydrogen-bond donors (Lipinski definition) is 0. The molecule has 2 aromatic heterocycles. The molecule has 12 heteroatoms. The average Bonchev–Trinajstić information content (AvgIpc) is 2.89. The van der Waals surface area contributed by atoms with Crippen LogP contribution in [0.4, 0.5) is 32.2 Å². The summed E-state index contributed by atoms with van der Waals surface area (Å²) in [5, 5.41) is 10.4. The lowest BCUT2D eigenvalue weighted by Gasteiger charge is -2.35. The molecule has 1 saturated heterocycles. The van der Waals surface area contributed by atoms with Gasteiger partial charge in [-0.3, -0.25) is 4.90 Å². The van der Waals surface area contributed by atoms with Gasteiger partial charge in [-0.05, 0) is 12.1 Å². The van der Waals surface area contributed by atoms with Crippen molar-refractivity contribution in [3.05, 3.63) is 18.0 Å². The topological polar surface area (TPSA) is 49.6 Å². The summed E-state index contributed by atoms with van der Waals surface area (Å²) in [6.07, 6.45) is -8.97. The van der Waals surface area contributed by atoms with Gasteiger partial charge < -0.3 is 4.90 Å². The summed E-state index contributed by atoms with van der Waals surface area (Å²) >= 11 is 0. The van der Waals surface area contributed by atoms with Crippen molar-refractivity contribution < 1.29 is 26.3 Å². The lowest BCUT2D eigenvalue weighted by molar-refractivity contribution is -0.146. The van der Waals surface area contributed by atoms with E-state index in [1.54, 1.807) is 4.90 Å². The first-order valence-electron chi connectivity index (χ1n) is 6.97. The monoisotopic (exact) mass is 354 g/mol. The van der Waals surface area contributed by atoms with Crippen molar-refractivity contribution in [3.63, 3.8) is 0 Å². The Hall–Kier alpha value is -2.11. The van der Waals surface area contributed by atoms with Crippen LogP contribution in [0.25, 0.3) is 5.65 Å². The molecular formula is C12H12F6N6. The number of anilines is 1. The average molecular weight is 354 g/mol. The Morgan fingerprint density at radius 3 is 2.17 bits per heavy atom. The van der Waals surface area contributed by atoms with E-state index in [0.29, 0.717) is 4.52 Å². The van der Waals surface area contributed by atoms with Crippen LogP contribution in [0.3, 0.4) is 0 Å². The van der Waals surface area contributed by atoms with Crippen LogP contribution in [0.2, 0.25) is 0 Å². The van der Waals surface area contributed by atoms with Gasteiger partial charge in [-0.2, -0.15) is 30.9 Å². The molecule has 0 atom stereocenters. The molecule has 0 bridgehead atoms. The molecule has 0 radical (unpaired) electrons. The van der Waals surface area contributed by atoms with Crippen molar-refractivity contribution in [2.24, 2.45) is 0 Å². The van der Waals surface area contributed by atoms with E-state index < -0.39 is 24.7 Å². The predicted octanol–water partition coefficient (Wildman–Crippen LogP) is 1.83. The highest BCUT2D eigenvalue weighted by Crippen LogP contribution is 2.28. The Morgan fingerprint density at radius 1 is 0.917 bits per heavy atom. The first kappa shape index (κ1) is 16.7. The summed E-state index contributed by atoms with van der Waals surface area (Å²) in [5.74, 6) is -1.01. The summed E-state index contributed by atoms with van der Waals surface area (Å²) in [4.78, 5) is 2.88. The Bertz CT molecular complexity index is 715. The molecule has 3 heterocycles. The van der Waals surface area contributed by atoms with Crippen LogP contribution < -0.4 is 4.90 Å². The van der Waals surface area contributed by atoms with Crippen molar-refractivity contribution in [1.82, 2.24) is 24.7 Å². The van der Waals surface area contributed by atoms with Gasteiger partial charge >= 0.3 is 12.4 Å². The van der Waals surface area contributed by atoms with E-state index in [4.69, 9.17) is 0 Å². The highest BCUT2D eigenvalue weighted by atomic mass is 19.4. The van der Waals surface area contributed by atoms with E-state index in [-0.39, 0.29) is 37.6 Å². The molecule has 6 nitrogen and oxygen atoms in total. The fraction of sp³-hybridized carbons (Fsp3) is 0.583. The molecule has 0 spiro atoms. The van der Waals surface area contributed by atoms with Crippen LogP contribution in [0, 0.1) is 0 Å². The van der Waals surface area contributed by atoms with Crippen LogP contribution >= 0.6 is 0 Å². The summed E-state index contributed by atoms with van der Waals surface area (Å²) in [6, 6.07) is 2.82. The van der Waals surface area contributed by atoms with Gasteiger partial charge in [0.25, 0.3) is 5.82 Å². The van der Waals surface area contributed by atoms with E-state index in [1.165, 1.54) is 17.0 Å². The number of halogens is 6. The number of rotatable bonds is 2. The fourth-order valence-corrected chi connectivity index (χ4v) is 2.51. The van der Waals surface area contributed by atoms with Crippen molar-refractivity contribution in [2.45, 2.75) is 12.4 Å². The van der Waals surface area contributed by atoms with Gasteiger partial charge in [0.2, 0.25) is 0 Å². The zero-order chi connectivity index (χ0) is 17.5. The van der Waals surface area contributed by atoms with Gasteiger partial charge in [-0.1, -0.05) is 0 Å². The maximum Gasteiger partial charge on any atom is 0.453 e. The normalized spacial score (nSPS) is 17.7. The number of fused-ring (bicyclic) bond motifs is 1. The summed E-state index contributed by atoms with van der Waals surface area (Å²) in [5.41, 5.74) is -0.0539. The first-order valence-corrected chi connectivity index (χ1v) is 6.97. The van der Waals surface area contributed by atoms with Crippen molar-refractivity contribution >= 4 is 11.5 Å². The van der Waals surface area contributed by atoms with Crippen LogP contribution in [0.5, 0.6) is 0 Å². The van der Waals surface area contributed by atoms with Crippen molar-refractivity contribution in [1.29, 1.82) is 0 Å². The smallest absolute Gasteiger partial charge is 0.353 e. The molecule has 0 saturated carbocycles. The molecule has 1 aliphatic heterocycles. The second-order valence-corrected chi connectivity index (χ2v) is 5.36. The molecule has 2 aromatic rings. The third-order valence-corrected chi connectivity index (χ3v) is 3.60. The van der Waals surface area contributed by atoms with E-state index in [9.17, 15) is 26.3 Å². The first-order chi connectivity index (χ1) is 11.1. The number of alkyl halides is 6. The van der Waals surface area contributed by atoms with E-state index in [0.717, 1.165) is 0 Å². The number of hydrogen-bond acceptors (Lipinski definition) is 5. The second-order valence-electron chi connectivity index (χ2n) is 5.36. The van der Waals surface area contributed by atoms with Crippen LogP contribution in [-0.2, 0) is 6.18 Å². The number of nitrogens with zero attached hydrogens (tertiary/aromatic N) is 6. The highest BCUT2D eigenvalue weighted by molar-refractivity contribution is 5.46. The van der Waals surface area contributed by atoms with Crippen molar-refractivity contribution in [3.8, 4) is 0 Å². The van der Waals surface area contributed by atoms with Gasteiger partial charge in [-0.25, -0.2) is 0 Å². The lowest BCUT2D eigenvalue weighted by Crippen LogP contribution is -2.49. The standard InChI is InChI=1S/C12H12F6N6/c13-11(14,15)7-22-3-5-23(6-4-22)9-2-1-8-19-20-10(12(16,17)18)24(8)21-9/h1-2H,3-7H2. The summed E-state index contributed by atoms with van der Waals surface area (Å²) in [7, 11) is 0. The van der Waals surface area contributed by atoms with Crippen LogP contribution in [0.15, 0.2) is 12.1 Å². The zero-order valence-corrected chi connectivity index (χ0v) is 12.1. The maximum absolute atomic E-state index is 12.8. The van der Waals surface area contributed by atoms with Gasteiger partial charge in [0.15, 0.2) is 5.65 Å². The van der Waals surface area contributed by atoms with Crippen molar-refractivity contribution in [2.75, 3.05) is 37.6 Å². The van der Waals surface area contributed by atoms with Gasteiger partial charge in [-0.15, -0.1) is 15.3 Å². The largest absolute Gasteiger partial charge is 0.453 e. The molecule has 1 aliphatic rings. The Kier molecular flexibility index (Phi) is 4.01. The molecule has 0 N–H and O–H groups in total. The minimum Gasteiger partial charge on any atom is -0.353 e. The van der Waals surface area contributed by atoms with E-state index in [2.05, 4.69) is 15.3 Å². The Morgan fingerprint density at radius 2 is 1.58 bits per heavy atom. The predicted molar refractivity (Wildman–Crippen MR) is 70.5 cm³/mol.